The molecule has 0 saturated carbocycles. The average molecular weight is 238 g/mol. The highest BCUT2D eigenvalue weighted by molar-refractivity contribution is 5.00. The van der Waals surface area contributed by atoms with Gasteiger partial charge in [0.25, 0.3) is 0 Å². The van der Waals surface area contributed by atoms with Crippen LogP contribution >= 0.6 is 0 Å². The Morgan fingerprint density at radius 2 is 2.29 bits per heavy atom. The fraction of sp³-hybridized carbons (Fsp3) is 0.714. The molecule has 1 heterocycles. The number of hydrogen-bond donors (Lipinski definition) is 0. The lowest BCUT2D eigenvalue weighted by molar-refractivity contribution is -0.164. The summed E-state index contributed by atoms with van der Waals surface area (Å²) >= 11 is 0. The molecule has 0 aromatic rings. The molecule has 3 heteroatoms. The predicted octanol–water partition coefficient (Wildman–Crippen LogP) is 2.37. The zero-order chi connectivity index (χ0) is 13.1. The van der Waals surface area contributed by atoms with Crippen LogP contribution in [0.4, 0.5) is 0 Å². The molecular formula is C14H22O3. The van der Waals surface area contributed by atoms with E-state index in [1.54, 1.807) is 0 Å². The van der Waals surface area contributed by atoms with Gasteiger partial charge in [0.1, 0.15) is 12.7 Å². The molecule has 0 unspecified atom stereocenters. The van der Waals surface area contributed by atoms with Crippen molar-refractivity contribution in [2.24, 2.45) is 5.41 Å². The van der Waals surface area contributed by atoms with Crippen LogP contribution in [0.3, 0.4) is 0 Å². The fourth-order valence-corrected chi connectivity index (χ4v) is 1.92. The molecule has 0 aromatic carbocycles. The van der Waals surface area contributed by atoms with E-state index in [1.807, 2.05) is 19.9 Å². The zero-order valence-electron chi connectivity index (χ0n) is 11.2. The van der Waals surface area contributed by atoms with Crippen LogP contribution in [0.1, 0.15) is 27.7 Å². The minimum atomic E-state index is -0.556. The Morgan fingerprint density at radius 1 is 1.65 bits per heavy atom. The van der Waals surface area contributed by atoms with Gasteiger partial charge in [0, 0.05) is 5.41 Å². The van der Waals surface area contributed by atoms with Crippen LogP contribution < -0.4 is 0 Å². The molecule has 2 atom stereocenters. The summed E-state index contributed by atoms with van der Waals surface area (Å²) < 4.78 is 17.1. The number of ether oxygens (including phenoxy) is 3. The molecule has 1 aliphatic heterocycles. The Kier molecular flexibility index (Phi) is 4.37. The van der Waals surface area contributed by atoms with E-state index in [-0.39, 0.29) is 24.2 Å². The maximum absolute atomic E-state index is 5.83. The lowest BCUT2D eigenvalue weighted by atomic mass is 9.83. The van der Waals surface area contributed by atoms with Gasteiger partial charge in [-0.15, -0.1) is 13.0 Å². The summed E-state index contributed by atoms with van der Waals surface area (Å²) in [7, 11) is 0. The van der Waals surface area contributed by atoms with Gasteiger partial charge in [-0.25, -0.2) is 0 Å². The van der Waals surface area contributed by atoms with Crippen molar-refractivity contribution in [2.75, 3.05) is 13.2 Å². The molecule has 0 radical (unpaired) electrons. The second-order valence-corrected chi connectivity index (χ2v) is 5.33. The molecule has 96 valence electrons. The summed E-state index contributed by atoms with van der Waals surface area (Å²) in [6.07, 6.45) is 6.83. The van der Waals surface area contributed by atoms with Crippen LogP contribution in [0.25, 0.3) is 0 Å². The van der Waals surface area contributed by atoms with E-state index in [4.69, 9.17) is 20.6 Å². The molecule has 0 aromatic heterocycles. The Bertz CT molecular complexity index is 312. The SMILES string of the molecule is C#CCO[C@H]([C@H]1COC(C)(C)O1)C(C)(C)C=C. The fourth-order valence-electron chi connectivity index (χ4n) is 1.92. The minimum Gasteiger partial charge on any atom is -0.362 e. The molecule has 0 spiro atoms. The van der Waals surface area contributed by atoms with Gasteiger partial charge in [-0.2, -0.15) is 0 Å². The zero-order valence-corrected chi connectivity index (χ0v) is 11.2. The molecule has 0 N–H and O–H groups in total. The number of hydrogen-bond acceptors (Lipinski definition) is 3. The molecule has 0 amide bonds. The van der Waals surface area contributed by atoms with Gasteiger partial charge in [-0.3, -0.25) is 0 Å². The van der Waals surface area contributed by atoms with Gasteiger partial charge in [-0.05, 0) is 13.8 Å². The third-order valence-corrected chi connectivity index (χ3v) is 2.97. The first-order valence-corrected chi connectivity index (χ1v) is 5.83. The summed E-state index contributed by atoms with van der Waals surface area (Å²) in [6, 6.07) is 0. The molecule has 1 aliphatic rings. The largest absolute Gasteiger partial charge is 0.362 e. The maximum atomic E-state index is 5.83. The smallest absolute Gasteiger partial charge is 0.163 e. The van der Waals surface area contributed by atoms with Gasteiger partial charge in [0.15, 0.2) is 5.79 Å². The van der Waals surface area contributed by atoms with Crippen molar-refractivity contribution in [1.29, 1.82) is 0 Å². The van der Waals surface area contributed by atoms with Gasteiger partial charge < -0.3 is 14.2 Å². The third kappa shape index (κ3) is 3.57. The Labute approximate surface area is 104 Å². The molecule has 1 saturated heterocycles. The molecule has 17 heavy (non-hydrogen) atoms. The van der Waals surface area contributed by atoms with Gasteiger partial charge in [-0.1, -0.05) is 25.8 Å². The standard InChI is InChI=1S/C14H22O3/c1-7-9-15-12(13(3,4)8-2)11-10-16-14(5,6)17-11/h1,8,11-12H,2,9-10H2,3-6H3/t11-,12-/m1/s1. The lowest BCUT2D eigenvalue weighted by Crippen LogP contribution is -2.43. The van der Waals surface area contributed by atoms with Crippen molar-refractivity contribution in [3.8, 4) is 12.3 Å². The normalized spacial score (nSPS) is 25.2. The quantitative estimate of drug-likeness (QED) is 0.543. The van der Waals surface area contributed by atoms with Gasteiger partial charge in [0.05, 0.1) is 12.7 Å². The summed E-state index contributed by atoms with van der Waals surface area (Å²) in [5.41, 5.74) is -0.217. The molecule has 0 bridgehead atoms. The first-order valence-electron chi connectivity index (χ1n) is 5.83. The highest BCUT2D eigenvalue weighted by Gasteiger charge is 2.43. The topological polar surface area (TPSA) is 27.7 Å². The molecule has 0 aliphatic carbocycles. The van der Waals surface area contributed by atoms with Gasteiger partial charge in [0.2, 0.25) is 0 Å². The molecule has 1 rings (SSSR count). The third-order valence-electron chi connectivity index (χ3n) is 2.97. The van der Waals surface area contributed by atoms with Crippen molar-refractivity contribution < 1.29 is 14.2 Å². The molecular weight excluding hydrogens is 216 g/mol. The van der Waals surface area contributed by atoms with Crippen LogP contribution in [-0.2, 0) is 14.2 Å². The van der Waals surface area contributed by atoms with E-state index in [9.17, 15) is 0 Å². The van der Waals surface area contributed by atoms with E-state index < -0.39 is 5.79 Å². The second-order valence-electron chi connectivity index (χ2n) is 5.33. The average Bonchev–Trinajstić information content (AvgIpc) is 2.59. The summed E-state index contributed by atoms with van der Waals surface area (Å²) in [4.78, 5) is 0. The number of terminal acetylenes is 1. The van der Waals surface area contributed by atoms with E-state index in [2.05, 4.69) is 26.3 Å². The Balaban J connectivity index is 2.78. The van der Waals surface area contributed by atoms with Gasteiger partial charge >= 0.3 is 0 Å². The molecule has 3 nitrogen and oxygen atoms in total. The first kappa shape index (κ1) is 14.2. The van der Waals surface area contributed by atoms with E-state index in [0.717, 1.165) is 0 Å². The Morgan fingerprint density at radius 3 is 2.71 bits per heavy atom. The highest BCUT2D eigenvalue weighted by atomic mass is 16.7. The summed E-state index contributed by atoms with van der Waals surface area (Å²) in [5.74, 6) is 1.93. The summed E-state index contributed by atoms with van der Waals surface area (Å²) in [6.45, 7) is 12.5. The summed E-state index contributed by atoms with van der Waals surface area (Å²) in [5, 5.41) is 0. The van der Waals surface area contributed by atoms with Crippen molar-refractivity contribution in [3.05, 3.63) is 12.7 Å². The highest BCUT2D eigenvalue weighted by Crippen LogP contribution is 2.34. The van der Waals surface area contributed by atoms with E-state index in [0.29, 0.717) is 6.61 Å². The first-order chi connectivity index (χ1) is 7.82. The van der Waals surface area contributed by atoms with Crippen molar-refractivity contribution in [3.63, 3.8) is 0 Å². The van der Waals surface area contributed by atoms with Crippen LogP contribution in [0.5, 0.6) is 0 Å². The second kappa shape index (κ2) is 5.22. The van der Waals surface area contributed by atoms with Crippen LogP contribution in [0.15, 0.2) is 12.7 Å². The van der Waals surface area contributed by atoms with Crippen LogP contribution in [0, 0.1) is 17.8 Å². The lowest BCUT2D eigenvalue weighted by Gasteiger charge is -2.34. The van der Waals surface area contributed by atoms with Crippen LogP contribution in [0.2, 0.25) is 0 Å². The van der Waals surface area contributed by atoms with E-state index >= 15 is 0 Å². The monoisotopic (exact) mass is 238 g/mol. The van der Waals surface area contributed by atoms with Crippen molar-refractivity contribution >= 4 is 0 Å². The minimum absolute atomic E-state index is 0.119. The molecule has 1 fully saturated rings. The van der Waals surface area contributed by atoms with E-state index in [1.165, 1.54) is 0 Å². The van der Waals surface area contributed by atoms with Crippen molar-refractivity contribution in [2.45, 2.75) is 45.7 Å². The number of rotatable bonds is 5. The predicted molar refractivity (Wildman–Crippen MR) is 67.5 cm³/mol. The maximum Gasteiger partial charge on any atom is 0.163 e. The van der Waals surface area contributed by atoms with Crippen molar-refractivity contribution in [1.82, 2.24) is 0 Å². The Hall–Kier alpha value is -0.820. The van der Waals surface area contributed by atoms with Crippen LogP contribution in [-0.4, -0.2) is 31.2 Å².